The number of hydrogen-bond acceptors (Lipinski definition) is 7. The van der Waals surface area contributed by atoms with E-state index >= 15 is 0 Å². The van der Waals surface area contributed by atoms with Gasteiger partial charge in [-0.2, -0.15) is 0 Å². The fourth-order valence-electron chi connectivity index (χ4n) is 4.30. The lowest BCUT2D eigenvalue weighted by Gasteiger charge is -2.26. The third kappa shape index (κ3) is 12.8. The third-order valence-corrected chi connectivity index (χ3v) is 6.55. The summed E-state index contributed by atoms with van der Waals surface area (Å²) in [7, 11) is 0. The van der Waals surface area contributed by atoms with Crippen molar-refractivity contribution in [2.75, 3.05) is 6.54 Å². The number of carbonyl (C=O) groups is 4. The predicted octanol–water partition coefficient (Wildman–Crippen LogP) is 0.143. The van der Waals surface area contributed by atoms with Gasteiger partial charge in [0.15, 0.2) is 5.96 Å². The Kier molecular flexibility index (Phi) is 13.9. The summed E-state index contributed by atoms with van der Waals surface area (Å²) in [5, 5.41) is 27.2. The van der Waals surface area contributed by atoms with Crippen LogP contribution in [0.1, 0.15) is 44.2 Å². The Morgan fingerprint density at radius 2 is 1.33 bits per heavy atom. The van der Waals surface area contributed by atoms with E-state index in [1.807, 2.05) is 19.9 Å². The van der Waals surface area contributed by atoms with E-state index in [2.05, 4.69) is 20.9 Å². The van der Waals surface area contributed by atoms with E-state index in [0.717, 1.165) is 5.56 Å². The molecule has 2 aromatic rings. The van der Waals surface area contributed by atoms with Crippen molar-refractivity contribution in [3.63, 3.8) is 0 Å². The van der Waals surface area contributed by atoms with Crippen molar-refractivity contribution >= 4 is 29.7 Å². The van der Waals surface area contributed by atoms with Gasteiger partial charge in [0.25, 0.3) is 0 Å². The number of aliphatic carboxylic acids is 1. The topological polar surface area (TPSA) is 235 Å². The van der Waals surface area contributed by atoms with E-state index in [0.29, 0.717) is 18.5 Å². The highest BCUT2D eigenvalue weighted by atomic mass is 16.4. The first kappa shape index (κ1) is 34.6. The average molecular weight is 598 g/mol. The van der Waals surface area contributed by atoms with Crippen molar-refractivity contribution < 1.29 is 29.4 Å². The summed E-state index contributed by atoms with van der Waals surface area (Å²) in [6.45, 7) is 4.03. The number of guanidine groups is 1. The summed E-state index contributed by atoms with van der Waals surface area (Å²) in [6, 6.07) is 10.7. The van der Waals surface area contributed by atoms with Gasteiger partial charge in [0.05, 0.1) is 6.04 Å². The Bertz CT molecular complexity index is 1230. The van der Waals surface area contributed by atoms with E-state index in [1.54, 1.807) is 36.4 Å². The molecule has 0 aliphatic rings. The molecule has 0 radical (unpaired) electrons. The highest BCUT2D eigenvalue weighted by Gasteiger charge is 2.31. The summed E-state index contributed by atoms with van der Waals surface area (Å²) >= 11 is 0. The van der Waals surface area contributed by atoms with Crippen LogP contribution in [0.15, 0.2) is 59.6 Å². The molecule has 4 unspecified atom stereocenters. The quantitative estimate of drug-likeness (QED) is 0.0702. The number of aromatic hydroxyl groups is 1. The zero-order chi connectivity index (χ0) is 31.9. The number of phenols is 1. The summed E-state index contributed by atoms with van der Waals surface area (Å²) in [6.07, 6.45) is 1.05. The van der Waals surface area contributed by atoms with Gasteiger partial charge in [-0.3, -0.25) is 19.4 Å². The average Bonchev–Trinajstić information content (AvgIpc) is 2.95. The first-order valence-electron chi connectivity index (χ1n) is 14.1. The minimum Gasteiger partial charge on any atom is -0.508 e. The fraction of sp³-hybridized carbons (Fsp3) is 0.433. The van der Waals surface area contributed by atoms with Crippen molar-refractivity contribution in [1.82, 2.24) is 16.0 Å². The normalized spacial score (nSPS) is 13.7. The lowest BCUT2D eigenvalue weighted by atomic mass is 9.99. The summed E-state index contributed by atoms with van der Waals surface area (Å²) in [5.41, 5.74) is 18.1. The number of amides is 3. The first-order valence-corrected chi connectivity index (χ1v) is 14.1. The summed E-state index contributed by atoms with van der Waals surface area (Å²) in [4.78, 5) is 55.6. The molecular formula is C30H43N7O6. The second kappa shape index (κ2) is 17.3. The second-order valence-corrected chi connectivity index (χ2v) is 10.8. The standard InChI is InChI=1S/C30H43N7O6/c1-18(2)15-23(27(40)37-25(29(42)43)17-20-10-12-21(38)13-11-20)36-28(41)24(16-19-7-4-3-5-8-19)35-26(39)22(31)9-6-14-34-30(32)33/h3-5,7-8,10-13,18,22-25,38H,6,9,14-17,31H2,1-2H3,(H,35,39)(H,36,41)(H,37,40)(H,42,43)(H4,32,33,34). The van der Waals surface area contributed by atoms with Crippen molar-refractivity contribution in [3.8, 4) is 5.75 Å². The van der Waals surface area contributed by atoms with Gasteiger partial charge < -0.3 is 43.4 Å². The molecule has 0 spiro atoms. The van der Waals surface area contributed by atoms with E-state index in [1.165, 1.54) is 12.1 Å². The third-order valence-electron chi connectivity index (χ3n) is 6.55. The molecule has 0 saturated heterocycles. The number of carboxylic acid groups (broad SMARTS) is 1. The monoisotopic (exact) mass is 597 g/mol. The molecule has 43 heavy (non-hydrogen) atoms. The molecule has 13 nitrogen and oxygen atoms in total. The van der Waals surface area contributed by atoms with Crippen LogP contribution in [0.3, 0.4) is 0 Å². The number of phenolic OH excluding ortho intramolecular Hbond substituents is 1. The number of carbonyl (C=O) groups excluding carboxylic acids is 3. The Morgan fingerprint density at radius 1 is 0.791 bits per heavy atom. The number of carboxylic acids is 1. The first-order chi connectivity index (χ1) is 20.3. The van der Waals surface area contributed by atoms with Crippen LogP contribution in [0.2, 0.25) is 0 Å². The van der Waals surface area contributed by atoms with Crippen LogP contribution < -0.4 is 33.2 Å². The van der Waals surface area contributed by atoms with Crippen molar-refractivity contribution in [2.24, 2.45) is 28.1 Å². The van der Waals surface area contributed by atoms with Gasteiger partial charge in [-0.05, 0) is 48.4 Å². The van der Waals surface area contributed by atoms with Crippen molar-refractivity contribution in [3.05, 3.63) is 65.7 Å². The SMILES string of the molecule is CC(C)CC(NC(=O)C(Cc1ccccc1)NC(=O)C(N)CCCN=C(N)N)C(=O)NC(Cc1ccc(O)cc1)C(=O)O. The van der Waals surface area contributed by atoms with Crippen LogP contribution in [-0.2, 0) is 32.0 Å². The Morgan fingerprint density at radius 3 is 1.91 bits per heavy atom. The minimum absolute atomic E-state index is 0.0303. The van der Waals surface area contributed by atoms with Gasteiger partial charge in [0.2, 0.25) is 17.7 Å². The molecule has 2 aromatic carbocycles. The molecule has 0 aromatic heterocycles. The zero-order valence-electron chi connectivity index (χ0n) is 24.5. The highest BCUT2D eigenvalue weighted by Crippen LogP contribution is 2.13. The molecule has 0 fully saturated rings. The van der Waals surface area contributed by atoms with Crippen molar-refractivity contribution in [1.29, 1.82) is 0 Å². The summed E-state index contributed by atoms with van der Waals surface area (Å²) < 4.78 is 0. The van der Waals surface area contributed by atoms with Gasteiger partial charge in [-0.1, -0.05) is 56.3 Å². The molecule has 234 valence electrons. The predicted molar refractivity (Wildman–Crippen MR) is 163 cm³/mol. The molecule has 0 heterocycles. The van der Waals surface area contributed by atoms with Gasteiger partial charge in [0.1, 0.15) is 23.9 Å². The number of benzene rings is 2. The smallest absolute Gasteiger partial charge is 0.326 e. The van der Waals surface area contributed by atoms with Crippen LogP contribution in [0.5, 0.6) is 5.75 Å². The Labute approximate surface area is 251 Å². The molecule has 4 atom stereocenters. The molecular weight excluding hydrogens is 554 g/mol. The number of aliphatic imine (C=N–C) groups is 1. The second-order valence-electron chi connectivity index (χ2n) is 10.8. The molecule has 0 saturated carbocycles. The van der Waals surface area contributed by atoms with E-state index in [4.69, 9.17) is 17.2 Å². The molecule has 13 heteroatoms. The van der Waals surface area contributed by atoms with Crippen LogP contribution in [0.25, 0.3) is 0 Å². The molecule has 2 rings (SSSR count). The maximum Gasteiger partial charge on any atom is 0.326 e. The molecule has 0 aliphatic heterocycles. The van der Waals surface area contributed by atoms with E-state index in [-0.39, 0.29) is 43.3 Å². The maximum absolute atomic E-state index is 13.5. The summed E-state index contributed by atoms with van der Waals surface area (Å²) in [5.74, 6) is -3.15. The zero-order valence-corrected chi connectivity index (χ0v) is 24.5. The molecule has 11 N–H and O–H groups in total. The molecule has 0 aliphatic carbocycles. The van der Waals surface area contributed by atoms with Gasteiger partial charge in [-0.15, -0.1) is 0 Å². The van der Waals surface area contributed by atoms with Crippen LogP contribution in [0, 0.1) is 5.92 Å². The van der Waals surface area contributed by atoms with Gasteiger partial charge in [-0.25, -0.2) is 4.79 Å². The molecule has 3 amide bonds. The van der Waals surface area contributed by atoms with E-state index in [9.17, 15) is 29.4 Å². The Hall–Kier alpha value is -4.65. The fourth-order valence-corrected chi connectivity index (χ4v) is 4.30. The van der Waals surface area contributed by atoms with Crippen LogP contribution in [0.4, 0.5) is 0 Å². The Balaban J connectivity index is 2.18. The minimum atomic E-state index is -1.28. The number of hydrogen-bond donors (Lipinski definition) is 8. The number of rotatable bonds is 17. The highest BCUT2D eigenvalue weighted by molar-refractivity contribution is 5.94. The molecule has 0 bridgehead atoms. The van der Waals surface area contributed by atoms with Gasteiger partial charge >= 0.3 is 5.97 Å². The van der Waals surface area contributed by atoms with Crippen LogP contribution >= 0.6 is 0 Å². The largest absolute Gasteiger partial charge is 0.508 e. The number of nitrogens with one attached hydrogen (secondary N) is 3. The van der Waals surface area contributed by atoms with Crippen LogP contribution in [-0.4, -0.2) is 70.6 Å². The van der Waals surface area contributed by atoms with E-state index < -0.39 is 47.9 Å². The lowest BCUT2D eigenvalue weighted by Crippen LogP contribution is -2.58. The number of nitrogens with zero attached hydrogens (tertiary/aromatic N) is 1. The van der Waals surface area contributed by atoms with Crippen molar-refractivity contribution in [2.45, 2.75) is 70.1 Å². The number of nitrogens with two attached hydrogens (primary N) is 3. The maximum atomic E-state index is 13.5. The lowest BCUT2D eigenvalue weighted by molar-refractivity contribution is -0.142. The van der Waals surface area contributed by atoms with Gasteiger partial charge in [0, 0.05) is 19.4 Å².